The summed E-state index contributed by atoms with van der Waals surface area (Å²) in [5.74, 6) is 0.568. The lowest BCUT2D eigenvalue weighted by atomic mass is 10.1. The summed E-state index contributed by atoms with van der Waals surface area (Å²) in [4.78, 5) is 24.2. The Morgan fingerprint density at radius 1 is 1.00 bits per heavy atom. The van der Waals surface area contributed by atoms with E-state index in [4.69, 9.17) is 14.2 Å². The summed E-state index contributed by atoms with van der Waals surface area (Å²) in [6, 6.07) is 10.7. The molecule has 0 fully saturated rings. The van der Waals surface area contributed by atoms with Gasteiger partial charge in [0.15, 0.2) is 11.5 Å². The highest BCUT2D eigenvalue weighted by Crippen LogP contribution is 2.36. The summed E-state index contributed by atoms with van der Waals surface area (Å²) in [5, 5.41) is 15.2. The number of ether oxygens (including phenoxy) is 3. The molecule has 2 amide bonds. The van der Waals surface area contributed by atoms with Gasteiger partial charge in [-0.3, -0.25) is 9.59 Å². The van der Waals surface area contributed by atoms with E-state index >= 15 is 0 Å². The molecule has 0 aromatic heterocycles. The van der Waals surface area contributed by atoms with Gasteiger partial charge in [0.25, 0.3) is 5.91 Å². The second-order valence-corrected chi connectivity index (χ2v) is 6.82. The molecular formula is C22H28N2O6. The van der Waals surface area contributed by atoms with Gasteiger partial charge in [-0.2, -0.15) is 0 Å². The summed E-state index contributed by atoms with van der Waals surface area (Å²) in [7, 11) is 3.01. The fourth-order valence-corrected chi connectivity index (χ4v) is 2.86. The van der Waals surface area contributed by atoms with Crippen molar-refractivity contribution in [3.8, 4) is 17.2 Å². The zero-order chi connectivity index (χ0) is 22.1. The monoisotopic (exact) mass is 416 g/mol. The molecule has 0 radical (unpaired) electrons. The van der Waals surface area contributed by atoms with Crippen LogP contribution in [0.4, 0.5) is 0 Å². The summed E-state index contributed by atoms with van der Waals surface area (Å²) in [6.07, 6.45) is -0.960. The van der Waals surface area contributed by atoms with Crippen LogP contribution >= 0.6 is 0 Å². The number of para-hydroxylation sites is 1. The summed E-state index contributed by atoms with van der Waals surface area (Å²) < 4.78 is 16.1. The lowest BCUT2D eigenvalue weighted by Gasteiger charge is -2.17. The fraction of sp³-hybridized carbons (Fsp3) is 0.364. The first-order valence-electron chi connectivity index (χ1n) is 9.49. The van der Waals surface area contributed by atoms with Gasteiger partial charge in [0, 0.05) is 12.1 Å². The Bertz CT molecular complexity index is 841. The number of aliphatic hydroxyl groups excluding tert-OH is 1. The third-order valence-corrected chi connectivity index (χ3v) is 4.23. The second-order valence-electron chi connectivity index (χ2n) is 6.82. The Kier molecular flexibility index (Phi) is 8.49. The van der Waals surface area contributed by atoms with E-state index < -0.39 is 12.0 Å². The van der Waals surface area contributed by atoms with Crippen LogP contribution in [-0.4, -0.2) is 56.9 Å². The molecule has 0 aliphatic heterocycles. The molecule has 8 nitrogen and oxygen atoms in total. The Hall–Kier alpha value is -3.26. The second kappa shape index (κ2) is 11.1. The van der Waals surface area contributed by atoms with Crippen molar-refractivity contribution in [1.82, 2.24) is 10.6 Å². The third-order valence-electron chi connectivity index (χ3n) is 4.23. The first-order chi connectivity index (χ1) is 14.3. The number of rotatable bonds is 10. The minimum atomic E-state index is -0.960. The van der Waals surface area contributed by atoms with E-state index in [0.29, 0.717) is 22.8 Å². The number of methoxy groups -OCH3 is 2. The Balaban J connectivity index is 1.78. The zero-order valence-electron chi connectivity index (χ0n) is 17.7. The lowest BCUT2D eigenvalue weighted by molar-refractivity contribution is -0.120. The molecule has 3 N–H and O–H groups in total. The van der Waals surface area contributed by atoms with Crippen molar-refractivity contribution in [3.63, 3.8) is 0 Å². The molecule has 0 saturated heterocycles. The average molecular weight is 416 g/mol. The van der Waals surface area contributed by atoms with Crippen molar-refractivity contribution in [2.75, 3.05) is 33.9 Å². The van der Waals surface area contributed by atoms with Crippen molar-refractivity contribution in [3.05, 3.63) is 53.1 Å². The SMILES string of the molecule is COc1cccc(OC)c1OCC(O)CNC(=O)CNC(=O)c1cc(C)cc(C)c1. The standard InChI is InChI=1S/C22H28N2O6/c1-14-8-15(2)10-16(9-14)22(27)24-12-20(26)23-11-17(25)13-30-21-18(28-3)6-5-7-19(21)29-4/h5-10,17,25H,11-13H2,1-4H3,(H,23,26)(H,24,27). The molecule has 2 aromatic carbocycles. The Labute approximate surface area is 176 Å². The number of nitrogens with one attached hydrogen (secondary N) is 2. The number of hydrogen-bond donors (Lipinski definition) is 3. The van der Waals surface area contributed by atoms with Crippen molar-refractivity contribution < 1.29 is 28.9 Å². The summed E-state index contributed by atoms with van der Waals surface area (Å²) >= 11 is 0. The molecule has 8 heteroatoms. The first kappa shape index (κ1) is 23.0. The van der Waals surface area contributed by atoms with E-state index in [1.54, 1.807) is 30.3 Å². The van der Waals surface area contributed by atoms with Crippen LogP contribution in [0.15, 0.2) is 36.4 Å². The molecule has 0 heterocycles. The largest absolute Gasteiger partial charge is 0.493 e. The highest BCUT2D eigenvalue weighted by Gasteiger charge is 2.15. The Morgan fingerprint density at radius 2 is 1.60 bits per heavy atom. The Morgan fingerprint density at radius 3 is 2.17 bits per heavy atom. The first-order valence-corrected chi connectivity index (χ1v) is 9.49. The smallest absolute Gasteiger partial charge is 0.251 e. The van der Waals surface area contributed by atoms with E-state index in [9.17, 15) is 14.7 Å². The number of aliphatic hydroxyl groups is 1. The third kappa shape index (κ3) is 6.66. The quantitative estimate of drug-likeness (QED) is 0.543. The van der Waals surface area contributed by atoms with Crippen LogP contribution in [0.25, 0.3) is 0 Å². The minimum absolute atomic E-state index is 0.0320. The molecule has 0 spiro atoms. The predicted octanol–water partition coefficient (Wildman–Crippen LogP) is 1.61. The van der Waals surface area contributed by atoms with Gasteiger partial charge in [0.05, 0.1) is 20.8 Å². The van der Waals surface area contributed by atoms with Crippen molar-refractivity contribution in [1.29, 1.82) is 0 Å². The van der Waals surface area contributed by atoms with E-state index in [-0.39, 0.29) is 25.6 Å². The van der Waals surface area contributed by atoms with E-state index in [1.807, 2.05) is 19.9 Å². The molecule has 0 bridgehead atoms. The van der Waals surface area contributed by atoms with Crippen molar-refractivity contribution >= 4 is 11.8 Å². The van der Waals surface area contributed by atoms with Gasteiger partial charge in [-0.15, -0.1) is 0 Å². The van der Waals surface area contributed by atoms with Gasteiger partial charge in [-0.1, -0.05) is 23.3 Å². The molecule has 2 aromatic rings. The molecule has 1 atom stereocenters. The molecule has 1 unspecified atom stereocenters. The van der Waals surface area contributed by atoms with Crippen molar-refractivity contribution in [2.24, 2.45) is 0 Å². The fourth-order valence-electron chi connectivity index (χ4n) is 2.86. The summed E-state index contributed by atoms with van der Waals surface area (Å²) in [6.45, 7) is 3.50. The van der Waals surface area contributed by atoms with Crippen molar-refractivity contribution in [2.45, 2.75) is 20.0 Å². The zero-order valence-corrected chi connectivity index (χ0v) is 17.7. The lowest BCUT2D eigenvalue weighted by Crippen LogP contribution is -2.41. The van der Waals surface area contributed by atoms with Crippen LogP contribution in [0.3, 0.4) is 0 Å². The van der Waals surface area contributed by atoms with Gasteiger partial charge in [-0.05, 0) is 38.1 Å². The molecule has 0 aliphatic rings. The maximum atomic E-state index is 12.2. The molecule has 162 valence electrons. The van der Waals surface area contributed by atoms with Gasteiger partial charge >= 0.3 is 0 Å². The molecule has 0 aliphatic carbocycles. The highest BCUT2D eigenvalue weighted by atomic mass is 16.5. The van der Waals surface area contributed by atoms with Gasteiger partial charge in [-0.25, -0.2) is 0 Å². The van der Waals surface area contributed by atoms with Crippen LogP contribution in [0.5, 0.6) is 17.2 Å². The minimum Gasteiger partial charge on any atom is -0.493 e. The topological polar surface area (TPSA) is 106 Å². The van der Waals surface area contributed by atoms with E-state index in [0.717, 1.165) is 11.1 Å². The average Bonchev–Trinajstić information content (AvgIpc) is 2.73. The number of carbonyl (C=O) groups excluding carboxylic acids is 2. The molecule has 0 saturated carbocycles. The number of hydrogen-bond acceptors (Lipinski definition) is 6. The number of carbonyl (C=O) groups is 2. The van der Waals surface area contributed by atoms with Crippen LogP contribution in [0.1, 0.15) is 21.5 Å². The molecule has 30 heavy (non-hydrogen) atoms. The summed E-state index contributed by atoms with van der Waals surface area (Å²) in [5.41, 5.74) is 2.44. The van der Waals surface area contributed by atoms with Crippen LogP contribution in [-0.2, 0) is 4.79 Å². The van der Waals surface area contributed by atoms with Gasteiger partial charge < -0.3 is 30.0 Å². The predicted molar refractivity (Wildman–Crippen MR) is 112 cm³/mol. The van der Waals surface area contributed by atoms with Crippen LogP contribution in [0, 0.1) is 13.8 Å². The molecule has 2 rings (SSSR count). The maximum absolute atomic E-state index is 12.2. The van der Waals surface area contributed by atoms with E-state index in [2.05, 4.69) is 10.6 Å². The maximum Gasteiger partial charge on any atom is 0.251 e. The number of benzene rings is 2. The number of amides is 2. The van der Waals surface area contributed by atoms with E-state index in [1.165, 1.54) is 14.2 Å². The normalized spacial score (nSPS) is 11.4. The highest BCUT2D eigenvalue weighted by molar-refractivity contribution is 5.96. The van der Waals surface area contributed by atoms with Gasteiger partial charge in [0.1, 0.15) is 12.7 Å². The number of aryl methyl sites for hydroxylation is 2. The van der Waals surface area contributed by atoms with Gasteiger partial charge in [0.2, 0.25) is 11.7 Å². The van der Waals surface area contributed by atoms with Crippen LogP contribution < -0.4 is 24.8 Å². The van der Waals surface area contributed by atoms with Crippen LogP contribution in [0.2, 0.25) is 0 Å². The molecular weight excluding hydrogens is 388 g/mol.